The summed E-state index contributed by atoms with van der Waals surface area (Å²) in [5.74, 6) is 0.899. The van der Waals surface area contributed by atoms with Gasteiger partial charge in [-0.05, 0) is 31.0 Å². The van der Waals surface area contributed by atoms with E-state index >= 15 is 0 Å². The summed E-state index contributed by atoms with van der Waals surface area (Å²) in [4.78, 5) is 0. The van der Waals surface area contributed by atoms with E-state index in [-0.39, 0.29) is 19.1 Å². The molecule has 3 nitrogen and oxygen atoms in total. The molecule has 0 aliphatic rings. The van der Waals surface area contributed by atoms with Crippen molar-refractivity contribution in [1.29, 1.82) is 0 Å². The third-order valence-corrected chi connectivity index (χ3v) is 2.58. The van der Waals surface area contributed by atoms with Crippen LogP contribution in [0.1, 0.15) is 31.4 Å². The first-order valence-electron chi connectivity index (χ1n) is 5.96. The van der Waals surface area contributed by atoms with Gasteiger partial charge in [-0.1, -0.05) is 6.07 Å². The SMILES string of the molecule is COc1cc(C(C)N)ccc1OCCCC(F)(F)F. The van der Waals surface area contributed by atoms with Crippen molar-refractivity contribution in [1.82, 2.24) is 0 Å². The highest BCUT2D eigenvalue weighted by molar-refractivity contribution is 5.43. The molecule has 1 rings (SSSR count). The van der Waals surface area contributed by atoms with Crippen molar-refractivity contribution >= 4 is 0 Å². The van der Waals surface area contributed by atoms with Crippen molar-refractivity contribution in [2.45, 2.75) is 32.0 Å². The lowest BCUT2D eigenvalue weighted by atomic mass is 10.1. The third kappa shape index (κ3) is 5.38. The van der Waals surface area contributed by atoms with Crippen molar-refractivity contribution < 1.29 is 22.6 Å². The first-order valence-corrected chi connectivity index (χ1v) is 5.96. The molecule has 108 valence electrons. The van der Waals surface area contributed by atoms with E-state index in [2.05, 4.69) is 0 Å². The number of alkyl halides is 3. The monoisotopic (exact) mass is 277 g/mol. The summed E-state index contributed by atoms with van der Waals surface area (Å²) in [5.41, 5.74) is 6.61. The molecule has 0 saturated heterocycles. The van der Waals surface area contributed by atoms with E-state index in [1.165, 1.54) is 7.11 Å². The molecule has 0 aliphatic heterocycles. The van der Waals surface area contributed by atoms with Gasteiger partial charge in [0.25, 0.3) is 0 Å². The highest BCUT2D eigenvalue weighted by Gasteiger charge is 2.26. The fourth-order valence-electron chi connectivity index (χ4n) is 1.54. The minimum atomic E-state index is -4.15. The zero-order valence-corrected chi connectivity index (χ0v) is 11.0. The van der Waals surface area contributed by atoms with Crippen LogP contribution in [0.5, 0.6) is 11.5 Å². The third-order valence-electron chi connectivity index (χ3n) is 2.58. The fourth-order valence-corrected chi connectivity index (χ4v) is 1.54. The Balaban J connectivity index is 2.58. The first kappa shape index (κ1) is 15.6. The smallest absolute Gasteiger partial charge is 0.389 e. The lowest BCUT2D eigenvalue weighted by Crippen LogP contribution is -2.10. The Labute approximate surface area is 110 Å². The fraction of sp³-hybridized carbons (Fsp3) is 0.538. The second-order valence-corrected chi connectivity index (χ2v) is 4.27. The minimum absolute atomic E-state index is 0.00655. The quantitative estimate of drug-likeness (QED) is 0.810. The topological polar surface area (TPSA) is 44.5 Å². The van der Waals surface area contributed by atoms with Gasteiger partial charge in [0.05, 0.1) is 13.7 Å². The number of hydrogen-bond acceptors (Lipinski definition) is 3. The van der Waals surface area contributed by atoms with E-state index in [0.29, 0.717) is 11.5 Å². The summed E-state index contributed by atoms with van der Waals surface area (Å²) in [6, 6.07) is 5.01. The number of nitrogens with two attached hydrogens (primary N) is 1. The van der Waals surface area contributed by atoms with E-state index in [1.54, 1.807) is 18.2 Å². The standard InChI is InChI=1S/C13H18F3NO2/c1-9(17)10-4-5-11(12(8-10)18-2)19-7-3-6-13(14,15)16/h4-5,8-9H,3,6-7,17H2,1-2H3. The summed E-state index contributed by atoms with van der Waals surface area (Å²) in [7, 11) is 1.48. The van der Waals surface area contributed by atoms with Crippen LogP contribution in [0, 0.1) is 0 Å². The molecule has 1 atom stereocenters. The van der Waals surface area contributed by atoms with Gasteiger partial charge in [-0.3, -0.25) is 0 Å². The second-order valence-electron chi connectivity index (χ2n) is 4.27. The molecule has 6 heteroatoms. The van der Waals surface area contributed by atoms with E-state index in [0.717, 1.165) is 5.56 Å². The molecule has 1 aromatic rings. The van der Waals surface area contributed by atoms with Crippen LogP contribution >= 0.6 is 0 Å². The molecular formula is C13H18F3NO2. The summed E-state index contributed by atoms with van der Waals surface area (Å²) in [5, 5.41) is 0. The predicted molar refractivity (Wildman–Crippen MR) is 66.4 cm³/mol. The summed E-state index contributed by atoms with van der Waals surface area (Å²) < 4.78 is 46.3. The van der Waals surface area contributed by atoms with Crippen molar-refractivity contribution in [3.63, 3.8) is 0 Å². The number of hydrogen-bond donors (Lipinski definition) is 1. The number of rotatable bonds is 6. The van der Waals surface area contributed by atoms with Gasteiger partial charge in [-0.15, -0.1) is 0 Å². The zero-order valence-electron chi connectivity index (χ0n) is 11.0. The number of methoxy groups -OCH3 is 1. The van der Waals surface area contributed by atoms with Gasteiger partial charge < -0.3 is 15.2 Å². The molecule has 2 N–H and O–H groups in total. The lowest BCUT2D eigenvalue weighted by Gasteiger charge is -2.14. The molecule has 0 aliphatic carbocycles. The van der Waals surface area contributed by atoms with Crippen LogP contribution in [-0.4, -0.2) is 19.9 Å². The lowest BCUT2D eigenvalue weighted by molar-refractivity contribution is -0.136. The second kappa shape index (κ2) is 6.65. The Bertz CT molecular complexity index is 405. The van der Waals surface area contributed by atoms with Gasteiger partial charge >= 0.3 is 6.18 Å². The minimum Gasteiger partial charge on any atom is -0.493 e. The molecular weight excluding hydrogens is 259 g/mol. The molecule has 19 heavy (non-hydrogen) atoms. The van der Waals surface area contributed by atoms with Crippen LogP contribution < -0.4 is 15.2 Å². The van der Waals surface area contributed by atoms with Crippen LogP contribution in [0.15, 0.2) is 18.2 Å². The number of ether oxygens (including phenoxy) is 2. The Hall–Kier alpha value is -1.43. The molecule has 0 radical (unpaired) electrons. The predicted octanol–water partition coefficient (Wildman–Crippen LogP) is 3.44. The largest absolute Gasteiger partial charge is 0.493 e. The normalized spacial score (nSPS) is 13.2. The van der Waals surface area contributed by atoms with E-state index < -0.39 is 12.6 Å². The summed E-state index contributed by atoms with van der Waals surface area (Å²) in [6.45, 7) is 1.83. The van der Waals surface area contributed by atoms with Gasteiger partial charge in [0.15, 0.2) is 11.5 Å². The van der Waals surface area contributed by atoms with Crippen molar-refractivity contribution in [3.8, 4) is 11.5 Å². The Morgan fingerprint density at radius 2 is 1.95 bits per heavy atom. The Morgan fingerprint density at radius 3 is 2.47 bits per heavy atom. The Kier molecular flexibility index (Phi) is 5.47. The molecule has 0 aromatic heterocycles. The molecule has 1 unspecified atom stereocenters. The first-order chi connectivity index (χ1) is 8.83. The Morgan fingerprint density at radius 1 is 1.26 bits per heavy atom. The number of benzene rings is 1. The van der Waals surface area contributed by atoms with E-state index in [9.17, 15) is 13.2 Å². The van der Waals surface area contributed by atoms with Crippen LogP contribution in [0.2, 0.25) is 0 Å². The molecule has 0 saturated carbocycles. The van der Waals surface area contributed by atoms with Crippen molar-refractivity contribution in [2.75, 3.05) is 13.7 Å². The summed E-state index contributed by atoms with van der Waals surface area (Å²) in [6.07, 6.45) is -5.08. The molecule has 0 fully saturated rings. The highest BCUT2D eigenvalue weighted by Crippen LogP contribution is 2.30. The van der Waals surface area contributed by atoms with Gasteiger partial charge in [-0.25, -0.2) is 0 Å². The highest BCUT2D eigenvalue weighted by atomic mass is 19.4. The van der Waals surface area contributed by atoms with Crippen LogP contribution in [0.3, 0.4) is 0 Å². The van der Waals surface area contributed by atoms with Crippen LogP contribution in [0.4, 0.5) is 13.2 Å². The average molecular weight is 277 g/mol. The van der Waals surface area contributed by atoms with E-state index in [1.807, 2.05) is 6.92 Å². The summed E-state index contributed by atoms with van der Waals surface area (Å²) >= 11 is 0. The molecule has 0 heterocycles. The maximum atomic E-state index is 12.0. The maximum absolute atomic E-state index is 12.0. The van der Waals surface area contributed by atoms with Crippen LogP contribution in [0.25, 0.3) is 0 Å². The number of halogens is 3. The van der Waals surface area contributed by atoms with Crippen molar-refractivity contribution in [2.24, 2.45) is 5.73 Å². The molecule has 0 amide bonds. The van der Waals surface area contributed by atoms with E-state index in [4.69, 9.17) is 15.2 Å². The van der Waals surface area contributed by atoms with Gasteiger partial charge in [0.2, 0.25) is 0 Å². The van der Waals surface area contributed by atoms with Crippen LogP contribution in [-0.2, 0) is 0 Å². The molecule has 0 bridgehead atoms. The maximum Gasteiger partial charge on any atom is 0.389 e. The van der Waals surface area contributed by atoms with Gasteiger partial charge in [0.1, 0.15) is 0 Å². The average Bonchev–Trinajstić information content (AvgIpc) is 2.33. The zero-order chi connectivity index (χ0) is 14.5. The molecule has 0 spiro atoms. The van der Waals surface area contributed by atoms with Gasteiger partial charge in [-0.2, -0.15) is 13.2 Å². The van der Waals surface area contributed by atoms with Gasteiger partial charge in [0, 0.05) is 12.5 Å². The molecule has 1 aromatic carbocycles. The van der Waals surface area contributed by atoms with Crippen molar-refractivity contribution in [3.05, 3.63) is 23.8 Å².